The molecule has 0 radical (unpaired) electrons. The topological polar surface area (TPSA) is 70.7 Å². The number of H-pyrrole nitrogens is 1. The first kappa shape index (κ1) is 17.5. The average molecular weight is 373 g/mol. The first-order valence-corrected chi connectivity index (χ1v) is 9.00. The van der Waals surface area contributed by atoms with E-state index in [2.05, 4.69) is 20.5 Å². The summed E-state index contributed by atoms with van der Waals surface area (Å²) in [5.74, 6) is 0.558. The highest BCUT2D eigenvalue weighted by molar-refractivity contribution is 8.00. The number of anilines is 1. The van der Waals surface area contributed by atoms with Gasteiger partial charge in [0.15, 0.2) is 5.82 Å². The van der Waals surface area contributed by atoms with Crippen LogP contribution in [0, 0.1) is 6.92 Å². The Morgan fingerprint density at radius 1 is 1.20 bits per heavy atom. The molecule has 0 unspecified atom stereocenters. The standard InChI is InChI=1S/C18H17ClN4OS/c1-11-5-3-4-6-15(11)20-17(24)12(2)25-18-21-16(22-23-18)13-7-9-14(19)10-8-13/h3-10,12H,1-2H3,(H,20,24)(H,21,22,23)/t12-/m1/s1. The Labute approximate surface area is 155 Å². The zero-order valence-electron chi connectivity index (χ0n) is 13.8. The van der Waals surface area contributed by atoms with Gasteiger partial charge in [0.05, 0.1) is 5.25 Å². The van der Waals surface area contributed by atoms with Crippen LogP contribution in [0.5, 0.6) is 0 Å². The van der Waals surface area contributed by atoms with E-state index in [0.29, 0.717) is 16.0 Å². The molecule has 3 rings (SSSR count). The third-order valence-corrected chi connectivity index (χ3v) is 4.85. The van der Waals surface area contributed by atoms with Crippen LogP contribution in [0.3, 0.4) is 0 Å². The maximum absolute atomic E-state index is 12.4. The van der Waals surface area contributed by atoms with Gasteiger partial charge in [-0.2, -0.15) is 0 Å². The molecule has 0 aliphatic rings. The summed E-state index contributed by atoms with van der Waals surface area (Å²) in [4.78, 5) is 16.8. The third kappa shape index (κ3) is 4.41. The summed E-state index contributed by atoms with van der Waals surface area (Å²) in [5.41, 5.74) is 2.73. The van der Waals surface area contributed by atoms with Gasteiger partial charge in [0.25, 0.3) is 0 Å². The lowest BCUT2D eigenvalue weighted by molar-refractivity contribution is -0.115. The number of thioether (sulfide) groups is 1. The highest BCUT2D eigenvalue weighted by Crippen LogP contribution is 2.24. The van der Waals surface area contributed by atoms with Crippen molar-refractivity contribution in [3.8, 4) is 11.4 Å². The van der Waals surface area contributed by atoms with Crippen LogP contribution in [0.25, 0.3) is 11.4 Å². The number of carbonyl (C=O) groups is 1. The van der Waals surface area contributed by atoms with Crippen LogP contribution in [-0.4, -0.2) is 26.3 Å². The Balaban J connectivity index is 1.65. The average Bonchev–Trinajstić information content (AvgIpc) is 3.06. The second-order valence-electron chi connectivity index (χ2n) is 5.54. The van der Waals surface area contributed by atoms with Gasteiger partial charge in [-0.15, -0.1) is 5.10 Å². The van der Waals surface area contributed by atoms with E-state index in [9.17, 15) is 4.79 Å². The van der Waals surface area contributed by atoms with Gasteiger partial charge < -0.3 is 5.32 Å². The Hall–Kier alpha value is -2.31. The van der Waals surface area contributed by atoms with Crippen molar-refractivity contribution in [3.63, 3.8) is 0 Å². The fourth-order valence-electron chi connectivity index (χ4n) is 2.20. The molecular weight excluding hydrogens is 356 g/mol. The molecule has 1 atom stereocenters. The van der Waals surface area contributed by atoms with Gasteiger partial charge in [-0.25, -0.2) is 4.98 Å². The highest BCUT2D eigenvalue weighted by Gasteiger charge is 2.18. The van der Waals surface area contributed by atoms with Gasteiger partial charge in [-0.1, -0.05) is 41.6 Å². The molecule has 5 nitrogen and oxygen atoms in total. The van der Waals surface area contributed by atoms with E-state index in [1.165, 1.54) is 11.8 Å². The van der Waals surface area contributed by atoms with Crippen LogP contribution < -0.4 is 5.32 Å². The molecule has 3 aromatic rings. The maximum atomic E-state index is 12.4. The molecule has 0 bridgehead atoms. The fourth-order valence-corrected chi connectivity index (χ4v) is 3.05. The summed E-state index contributed by atoms with van der Waals surface area (Å²) in [6.45, 7) is 3.79. The number of aromatic amines is 1. The van der Waals surface area contributed by atoms with E-state index < -0.39 is 0 Å². The lowest BCUT2D eigenvalue weighted by Crippen LogP contribution is -2.22. The van der Waals surface area contributed by atoms with Crippen molar-refractivity contribution in [2.24, 2.45) is 0 Å². The molecule has 0 saturated heterocycles. The lowest BCUT2D eigenvalue weighted by Gasteiger charge is -2.11. The Morgan fingerprint density at radius 3 is 2.64 bits per heavy atom. The predicted octanol–water partition coefficient (Wildman–Crippen LogP) is 4.55. The number of nitrogens with one attached hydrogen (secondary N) is 2. The van der Waals surface area contributed by atoms with Crippen molar-refractivity contribution in [3.05, 3.63) is 59.1 Å². The van der Waals surface area contributed by atoms with Crippen molar-refractivity contribution in [2.75, 3.05) is 5.32 Å². The number of hydrogen-bond donors (Lipinski definition) is 2. The summed E-state index contributed by atoms with van der Waals surface area (Å²) in [6.07, 6.45) is 0. The van der Waals surface area contributed by atoms with E-state index in [0.717, 1.165) is 16.8 Å². The number of aryl methyl sites for hydroxylation is 1. The molecule has 128 valence electrons. The smallest absolute Gasteiger partial charge is 0.237 e. The number of benzene rings is 2. The quantitative estimate of drug-likeness (QED) is 0.644. The van der Waals surface area contributed by atoms with E-state index >= 15 is 0 Å². The lowest BCUT2D eigenvalue weighted by atomic mass is 10.2. The van der Waals surface area contributed by atoms with E-state index in [1.807, 2.05) is 50.2 Å². The fraction of sp³-hybridized carbons (Fsp3) is 0.167. The SMILES string of the molecule is Cc1ccccc1NC(=O)[C@@H](C)Sc1n[nH]c(-c2ccc(Cl)cc2)n1. The molecule has 0 aliphatic heterocycles. The normalized spacial score (nSPS) is 12.0. The van der Waals surface area contributed by atoms with E-state index in [4.69, 9.17) is 11.6 Å². The molecule has 25 heavy (non-hydrogen) atoms. The zero-order chi connectivity index (χ0) is 17.8. The molecule has 0 aliphatic carbocycles. The monoisotopic (exact) mass is 372 g/mol. The number of nitrogens with zero attached hydrogens (tertiary/aromatic N) is 2. The first-order chi connectivity index (χ1) is 12.0. The van der Waals surface area contributed by atoms with Gasteiger partial charge in [0.1, 0.15) is 0 Å². The van der Waals surface area contributed by atoms with Gasteiger partial charge in [-0.05, 0) is 49.7 Å². The first-order valence-electron chi connectivity index (χ1n) is 7.74. The molecule has 7 heteroatoms. The number of rotatable bonds is 5. The predicted molar refractivity (Wildman–Crippen MR) is 102 cm³/mol. The minimum absolute atomic E-state index is 0.0860. The molecule has 0 fully saturated rings. The molecule has 1 heterocycles. The number of amides is 1. The summed E-state index contributed by atoms with van der Waals surface area (Å²) in [7, 11) is 0. The largest absolute Gasteiger partial charge is 0.325 e. The molecule has 1 aromatic heterocycles. The molecule has 0 spiro atoms. The summed E-state index contributed by atoms with van der Waals surface area (Å²) in [5, 5.41) is 10.9. The second kappa shape index (κ2) is 7.72. The van der Waals surface area contributed by atoms with Crippen LogP contribution in [0.1, 0.15) is 12.5 Å². The molecule has 2 aromatic carbocycles. The van der Waals surface area contributed by atoms with Crippen molar-refractivity contribution in [1.82, 2.24) is 15.2 Å². The van der Waals surface area contributed by atoms with Crippen molar-refractivity contribution >= 4 is 35.0 Å². The van der Waals surface area contributed by atoms with Crippen molar-refractivity contribution in [2.45, 2.75) is 24.3 Å². The maximum Gasteiger partial charge on any atom is 0.237 e. The van der Waals surface area contributed by atoms with Gasteiger partial charge >= 0.3 is 0 Å². The Bertz CT molecular complexity index is 879. The van der Waals surface area contributed by atoms with Crippen LogP contribution in [0.15, 0.2) is 53.7 Å². The highest BCUT2D eigenvalue weighted by atomic mass is 35.5. The third-order valence-electron chi connectivity index (χ3n) is 3.64. The van der Waals surface area contributed by atoms with Crippen LogP contribution in [0.2, 0.25) is 5.02 Å². The number of aromatic nitrogens is 3. The minimum Gasteiger partial charge on any atom is -0.325 e. The summed E-state index contributed by atoms with van der Waals surface area (Å²) >= 11 is 7.19. The number of para-hydroxylation sites is 1. The summed E-state index contributed by atoms with van der Waals surface area (Å²) in [6, 6.07) is 15.0. The van der Waals surface area contributed by atoms with Gasteiger partial charge in [0, 0.05) is 16.3 Å². The van der Waals surface area contributed by atoms with Crippen molar-refractivity contribution in [1.29, 1.82) is 0 Å². The van der Waals surface area contributed by atoms with E-state index in [-0.39, 0.29) is 11.2 Å². The molecule has 2 N–H and O–H groups in total. The van der Waals surface area contributed by atoms with Gasteiger partial charge in [-0.3, -0.25) is 9.89 Å². The van der Waals surface area contributed by atoms with Crippen LogP contribution in [0.4, 0.5) is 5.69 Å². The Kier molecular flexibility index (Phi) is 5.40. The molecular formula is C18H17ClN4OS. The van der Waals surface area contributed by atoms with Crippen LogP contribution >= 0.6 is 23.4 Å². The van der Waals surface area contributed by atoms with Gasteiger partial charge in [0.2, 0.25) is 11.1 Å². The zero-order valence-corrected chi connectivity index (χ0v) is 15.4. The minimum atomic E-state index is -0.325. The molecule has 1 amide bonds. The molecule has 0 saturated carbocycles. The Morgan fingerprint density at radius 2 is 1.92 bits per heavy atom. The van der Waals surface area contributed by atoms with E-state index in [1.54, 1.807) is 12.1 Å². The number of halogens is 1. The number of carbonyl (C=O) groups excluding carboxylic acids is 1. The van der Waals surface area contributed by atoms with Crippen LogP contribution in [-0.2, 0) is 4.79 Å². The second-order valence-corrected chi connectivity index (χ2v) is 7.28. The van der Waals surface area contributed by atoms with Crippen molar-refractivity contribution < 1.29 is 4.79 Å². The number of hydrogen-bond acceptors (Lipinski definition) is 4. The summed E-state index contributed by atoms with van der Waals surface area (Å²) < 4.78 is 0.